The molecule has 2 saturated carbocycles. The molecule has 0 amide bonds. The summed E-state index contributed by atoms with van der Waals surface area (Å²) in [4.78, 5) is 21.0. The summed E-state index contributed by atoms with van der Waals surface area (Å²) >= 11 is 0. The van der Waals surface area contributed by atoms with E-state index in [1.54, 1.807) is 0 Å². The fourth-order valence-corrected chi connectivity index (χ4v) is 10.2. The van der Waals surface area contributed by atoms with Gasteiger partial charge in [0.2, 0.25) is 0 Å². The molecule has 2 heterocycles. The summed E-state index contributed by atoms with van der Waals surface area (Å²) in [7, 11) is 0. The number of rotatable bonds is 13. The van der Waals surface area contributed by atoms with Crippen molar-refractivity contribution in [3.63, 3.8) is 0 Å². The number of benzene rings is 4. The van der Waals surface area contributed by atoms with Crippen LogP contribution in [0.1, 0.15) is 212 Å². The molecule has 2 fully saturated rings. The number of aliphatic hydroxyl groups excluding tert-OH is 1. The second kappa shape index (κ2) is 26.1. The van der Waals surface area contributed by atoms with Crippen LogP contribution in [0.3, 0.4) is 0 Å². The first-order valence-electron chi connectivity index (χ1n) is 27.3. The first kappa shape index (κ1) is 52.4. The molecule has 5 heteroatoms. The number of allylic oxidation sites excluding steroid dienone is 2. The minimum Gasteiger partial charge on any atom is -0.512 e. The van der Waals surface area contributed by atoms with E-state index in [4.69, 9.17) is 2.74 Å². The summed E-state index contributed by atoms with van der Waals surface area (Å²) in [6, 6.07) is 33.1. The largest absolute Gasteiger partial charge is 0.512 e. The summed E-state index contributed by atoms with van der Waals surface area (Å²) in [6.45, 7) is 23.1. The van der Waals surface area contributed by atoms with Gasteiger partial charge in [0.1, 0.15) is 5.76 Å². The molecule has 69 heavy (non-hydrogen) atoms. The van der Waals surface area contributed by atoms with Gasteiger partial charge in [-0.2, -0.15) is 0 Å². The predicted octanol–water partition coefficient (Wildman–Crippen LogP) is 18.6. The predicted molar refractivity (Wildman–Crippen MR) is 290 cm³/mol. The molecule has 371 valence electrons. The second-order valence-electron chi connectivity index (χ2n) is 20.9. The topological polar surface area (TPSA) is 63.1 Å². The Labute approximate surface area is 433 Å². The molecule has 0 atom stereocenters. The molecule has 8 rings (SSSR count). The van der Waals surface area contributed by atoms with Crippen molar-refractivity contribution in [3.05, 3.63) is 142 Å². The van der Waals surface area contributed by atoms with Crippen LogP contribution in [0.5, 0.6) is 0 Å². The van der Waals surface area contributed by atoms with Crippen LogP contribution in [-0.2, 0) is 24.9 Å². The SMILES string of the molecule is CCC(CC)C(=O)/C=C(\O)C(C)(CC)CC.[2H]c1cc2cc(C3CCCCC3)ccc2c(-c2[c-]c(C)cc(C(C)C)c2)n1.[2H]c1cc2cc(C3CCCCC3)ccc2c(-c2[c-]c(C)cc(C(C)C)c2)n1.[Ir]. The van der Waals surface area contributed by atoms with E-state index in [0.717, 1.165) is 80.9 Å². The number of aryl methyl sites for hydroxylation is 2. The minimum atomic E-state index is -0.248. The number of fused-ring (bicyclic) bond motifs is 2. The third-order valence-electron chi connectivity index (χ3n) is 15.3. The first-order chi connectivity index (χ1) is 33.5. The summed E-state index contributed by atoms with van der Waals surface area (Å²) in [5.74, 6) is 2.63. The zero-order valence-electron chi connectivity index (χ0n) is 45.9. The van der Waals surface area contributed by atoms with Crippen molar-refractivity contribution >= 4 is 27.3 Å². The quantitative estimate of drug-likeness (QED) is 0.0711. The molecule has 2 aliphatic rings. The van der Waals surface area contributed by atoms with E-state index in [-0.39, 0.29) is 43.0 Å². The van der Waals surface area contributed by atoms with Crippen LogP contribution in [0.2, 0.25) is 0 Å². The van der Waals surface area contributed by atoms with E-state index in [1.807, 2.05) is 46.8 Å². The molecule has 1 radical (unpaired) electrons. The van der Waals surface area contributed by atoms with Crippen LogP contribution in [0.25, 0.3) is 44.1 Å². The molecule has 4 aromatic carbocycles. The molecule has 0 saturated heterocycles. The fraction of sp³-hybridized carbons (Fsp3) is 0.484. The number of aromatic nitrogens is 2. The van der Waals surface area contributed by atoms with Gasteiger partial charge in [0.25, 0.3) is 0 Å². The Hall–Kier alpha value is -4.44. The Morgan fingerprint density at radius 2 is 1.07 bits per heavy atom. The normalized spacial score (nSPS) is 15.3. The summed E-state index contributed by atoms with van der Waals surface area (Å²) in [6.07, 6.45) is 18.8. The maximum Gasteiger partial charge on any atom is 0.162 e. The molecule has 0 aliphatic heterocycles. The number of nitrogens with zero attached hydrogens (tertiary/aromatic N) is 2. The average Bonchev–Trinajstić information content (AvgIpc) is 3.36. The molecule has 0 unspecified atom stereocenters. The van der Waals surface area contributed by atoms with E-state index in [1.165, 1.54) is 92.5 Å². The van der Waals surface area contributed by atoms with E-state index in [9.17, 15) is 9.90 Å². The fourth-order valence-electron chi connectivity index (χ4n) is 10.2. The van der Waals surface area contributed by atoms with Crippen molar-refractivity contribution in [2.45, 2.75) is 190 Å². The third-order valence-corrected chi connectivity index (χ3v) is 15.3. The zero-order valence-corrected chi connectivity index (χ0v) is 46.3. The van der Waals surface area contributed by atoms with Crippen molar-refractivity contribution in [3.8, 4) is 22.5 Å². The Morgan fingerprint density at radius 3 is 1.43 bits per heavy atom. The van der Waals surface area contributed by atoms with Gasteiger partial charge in [0, 0.05) is 49.9 Å². The Bertz CT molecular complexity index is 2580. The van der Waals surface area contributed by atoms with Gasteiger partial charge in [-0.05, 0) is 131 Å². The standard InChI is InChI=1S/2C25H28N.C14H26O2.Ir/c2*1-17(2)22-13-18(3)14-23(16-22)25-24-10-9-20(15-21(24)11-12-26-25)19-7-5-4-6-8-19;1-6-11(7-2)12(15)10-13(16)14(5,8-3)9-4;/h2*9-13,15-17,19H,4-8H2,1-3H3;10-11,16H,6-9H2,1-5H3;/q2*-1;;/b;;13-10-;/i2*12D;;. The van der Waals surface area contributed by atoms with Crippen LogP contribution in [0, 0.1) is 37.3 Å². The van der Waals surface area contributed by atoms with Crippen molar-refractivity contribution in [1.29, 1.82) is 0 Å². The third kappa shape index (κ3) is 14.3. The molecule has 6 aromatic rings. The van der Waals surface area contributed by atoms with Crippen LogP contribution >= 0.6 is 0 Å². The van der Waals surface area contributed by atoms with Crippen molar-refractivity contribution in [2.75, 3.05) is 0 Å². The van der Waals surface area contributed by atoms with Crippen LogP contribution < -0.4 is 0 Å². The number of hydrogen-bond donors (Lipinski definition) is 1. The van der Waals surface area contributed by atoms with Gasteiger partial charge in [0.05, 0.1) is 2.74 Å². The van der Waals surface area contributed by atoms with Gasteiger partial charge in [0.15, 0.2) is 5.78 Å². The Kier molecular flexibility index (Phi) is 19.8. The number of aliphatic hydroxyl groups is 1. The Balaban J connectivity index is 0.000000205. The monoisotopic (exact) mass is 1110 g/mol. The second-order valence-corrected chi connectivity index (χ2v) is 20.9. The zero-order chi connectivity index (χ0) is 50.7. The summed E-state index contributed by atoms with van der Waals surface area (Å²) < 4.78 is 16.5. The van der Waals surface area contributed by atoms with Crippen LogP contribution in [0.15, 0.2) is 97.0 Å². The molecule has 1 N–H and O–H groups in total. The van der Waals surface area contributed by atoms with E-state index >= 15 is 0 Å². The van der Waals surface area contributed by atoms with Gasteiger partial charge < -0.3 is 15.1 Å². The van der Waals surface area contributed by atoms with Gasteiger partial charge in [-0.15, -0.1) is 69.8 Å². The maximum atomic E-state index is 11.9. The summed E-state index contributed by atoms with van der Waals surface area (Å²) in [5.41, 5.74) is 11.2. The van der Waals surface area contributed by atoms with E-state index < -0.39 is 0 Å². The number of hydrogen-bond acceptors (Lipinski definition) is 4. The van der Waals surface area contributed by atoms with Gasteiger partial charge >= 0.3 is 0 Å². The Morgan fingerprint density at radius 1 is 0.667 bits per heavy atom. The van der Waals surface area contributed by atoms with Gasteiger partial charge in [-0.3, -0.25) is 4.79 Å². The molecule has 2 aromatic heterocycles. The van der Waals surface area contributed by atoms with Crippen molar-refractivity contribution in [2.24, 2.45) is 11.3 Å². The van der Waals surface area contributed by atoms with Gasteiger partial charge in [-0.1, -0.05) is 151 Å². The first-order valence-corrected chi connectivity index (χ1v) is 26.3. The number of ketones is 1. The van der Waals surface area contributed by atoms with Crippen molar-refractivity contribution in [1.82, 2.24) is 9.97 Å². The molecule has 0 spiro atoms. The molecular weight excluding hydrogens is 1020 g/mol. The molecule has 2 aliphatic carbocycles. The molecule has 0 bridgehead atoms. The van der Waals surface area contributed by atoms with E-state index in [2.05, 4.69) is 124 Å². The number of pyridine rings is 2. The van der Waals surface area contributed by atoms with E-state index in [0.29, 0.717) is 36.0 Å². The maximum absolute atomic E-state index is 11.9. The summed E-state index contributed by atoms with van der Waals surface area (Å²) in [5, 5.41) is 14.5. The number of carbonyl (C=O) groups is 1. The minimum absolute atomic E-state index is 0. The number of carbonyl (C=O) groups excluding carboxylic acids is 1. The average molecular weight is 1110 g/mol. The smallest absolute Gasteiger partial charge is 0.162 e. The van der Waals surface area contributed by atoms with Crippen LogP contribution in [0.4, 0.5) is 0 Å². The molecule has 4 nitrogen and oxygen atoms in total. The molecular formula is C64H82IrN2O2-2. The van der Waals surface area contributed by atoms with Crippen LogP contribution in [-0.4, -0.2) is 20.9 Å². The van der Waals surface area contributed by atoms with Crippen molar-refractivity contribution < 1.29 is 32.7 Å². The van der Waals surface area contributed by atoms with Gasteiger partial charge in [-0.25, -0.2) is 0 Å².